The van der Waals surface area contributed by atoms with Crippen LogP contribution in [-0.2, 0) is 5.75 Å². The Morgan fingerprint density at radius 1 is 1.25 bits per heavy atom. The van der Waals surface area contributed by atoms with Gasteiger partial charge >= 0.3 is 0 Å². The molecule has 3 aromatic rings. The molecule has 0 aliphatic carbocycles. The molecule has 0 saturated carbocycles. The molecule has 0 aliphatic rings. The Balaban J connectivity index is 1.87. The number of nitrogens with one attached hydrogen (secondary N) is 1. The molecule has 0 saturated heterocycles. The number of fused-ring (bicyclic) bond motifs is 1. The Kier molecular flexibility index (Phi) is 3.30. The molecule has 2 aromatic heterocycles. The van der Waals surface area contributed by atoms with Crippen molar-refractivity contribution in [2.45, 2.75) is 10.8 Å². The second-order valence-electron chi connectivity index (χ2n) is 3.95. The maximum Gasteiger partial charge on any atom is 0.273 e. The zero-order chi connectivity index (χ0) is 13.9. The number of nitro benzene ring substituents is 1. The van der Waals surface area contributed by atoms with Gasteiger partial charge in [-0.25, -0.2) is 15.0 Å². The number of rotatable bonds is 4. The summed E-state index contributed by atoms with van der Waals surface area (Å²) in [6, 6.07) is 6.69. The molecular weight excluding hydrogens is 278 g/mol. The van der Waals surface area contributed by atoms with Crippen molar-refractivity contribution in [1.29, 1.82) is 0 Å². The summed E-state index contributed by atoms with van der Waals surface area (Å²) in [5.41, 5.74) is 2.12. The van der Waals surface area contributed by atoms with Gasteiger partial charge in [0.05, 0.1) is 11.3 Å². The fourth-order valence-corrected chi connectivity index (χ4v) is 2.76. The minimum absolute atomic E-state index is 0.120. The van der Waals surface area contributed by atoms with Crippen LogP contribution in [-0.4, -0.2) is 24.9 Å². The number of para-hydroxylation sites is 1. The molecule has 0 radical (unpaired) electrons. The predicted molar refractivity (Wildman–Crippen MR) is 74.3 cm³/mol. The molecule has 0 fully saturated rings. The molecular formula is C12H9N5O2S. The summed E-state index contributed by atoms with van der Waals surface area (Å²) in [5.74, 6) is 0.461. The van der Waals surface area contributed by atoms with Crippen LogP contribution in [0.3, 0.4) is 0 Å². The van der Waals surface area contributed by atoms with Crippen LogP contribution in [0.25, 0.3) is 11.2 Å². The van der Waals surface area contributed by atoms with Gasteiger partial charge in [0.25, 0.3) is 5.69 Å². The quantitative estimate of drug-likeness (QED) is 0.343. The third-order valence-corrected chi connectivity index (χ3v) is 3.78. The monoisotopic (exact) mass is 287 g/mol. The standard InChI is InChI=1S/C12H9N5O2S/c18-17(19)9-4-2-1-3-8(9)5-20-12-10-11(14-6-13-10)15-7-16-12/h1-4,6-7H,5H2,(H,13,14,15,16). The third kappa shape index (κ3) is 2.32. The second-order valence-corrected chi connectivity index (χ2v) is 4.92. The number of imidazole rings is 1. The van der Waals surface area contributed by atoms with Crippen LogP contribution in [0.15, 0.2) is 41.9 Å². The molecule has 1 aromatic carbocycles. The van der Waals surface area contributed by atoms with Crippen LogP contribution >= 0.6 is 11.8 Å². The number of H-pyrrole nitrogens is 1. The van der Waals surface area contributed by atoms with Crippen LogP contribution in [0.4, 0.5) is 5.69 Å². The van der Waals surface area contributed by atoms with Crippen molar-refractivity contribution < 1.29 is 4.92 Å². The molecule has 100 valence electrons. The first-order valence-electron chi connectivity index (χ1n) is 5.75. The first-order valence-corrected chi connectivity index (χ1v) is 6.73. The summed E-state index contributed by atoms with van der Waals surface area (Å²) in [4.78, 5) is 25.8. The predicted octanol–water partition coefficient (Wildman–Crippen LogP) is 2.55. The molecule has 2 heterocycles. The van der Waals surface area contributed by atoms with E-state index in [1.54, 1.807) is 24.5 Å². The molecule has 1 N–H and O–H groups in total. The minimum atomic E-state index is -0.373. The number of aromatic amines is 1. The Bertz CT molecular complexity index is 773. The van der Waals surface area contributed by atoms with Crippen molar-refractivity contribution in [3.05, 3.63) is 52.6 Å². The van der Waals surface area contributed by atoms with E-state index in [2.05, 4.69) is 19.9 Å². The van der Waals surface area contributed by atoms with Crippen LogP contribution in [0, 0.1) is 10.1 Å². The Morgan fingerprint density at radius 3 is 2.95 bits per heavy atom. The summed E-state index contributed by atoms with van der Waals surface area (Å²) in [7, 11) is 0. The summed E-state index contributed by atoms with van der Waals surface area (Å²) in [5, 5.41) is 11.7. The normalized spacial score (nSPS) is 10.8. The maximum absolute atomic E-state index is 11.0. The number of aromatic nitrogens is 4. The van der Waals surface area contributed by atoms with Crippen molar-refractivity contribution in [3.63, 3.8) is 0 Å². The molecule has 8 heteroatoms. The van der Waals surface area contributed by atoms with E-state index in [4.69, 9.17) is 0 Å². The van der Waals surface area contributed by atoms with Gasteiger partial charge in [-0.05, 0) is 0 Å². The van der Waals surface area contributed by atoms with Crippen molar-refractivity contribution >= 4 is 28.6 Å². The molecule has 0 bridgehead atoms. The van der Waals surface area contributed by atoms with Gasteiger partial charge in [0.15, 0.2) is 5.65 Å². The zero-order valence-electron chi connectivity index (χ0n) is 10.2. The molecule has 0 atom stereocenters. The molecule has 0 spiro atoms. The van der Waals surface area contributed by atoms with Crippen LogP contribution < -0.4 is 0 Å². The summed E-state index contributed by atoms with van der Waals surface area (Å²) in [6.45, 7) is 0. The second kappa shape index (κ2) is 5.25. The van der Waals surface area contributed by atoms with Gasteiger partial charge < -0.3 is 4.98 Å². The van der Waals surface area contributed by atoms with Crippen molar-refractivity contribution in [3.8, 4) is 0 Å². The number of nitrogens with zero attached hydrogens (tertiary/aromatic N) is 4. The highest BCUT2D eigenvalue weighted by molar-refractivity contribution is 7.98. The fourth-order valence-electron chi connectivity index (χ4n) is 1.81. The Morgan fingerprint density at radius 2 is 2.10 bits per heavy atom. The SMILES string of the molecule is O=[N+]([O-])c1ccccc1CSc1ncnc2nc[nH]c12. The van der Waals surface area contributed by atoms with E-state index in [0.717, 1.165) is 10.5 Å². The highest BCUT2D eigenvalue weighted by Gasteiger charge is 2.14. The maximum atomic E-state index is 11.0. The lowest BCUT2D eigenvalue weighted by atomic mass is 10.2. The molecule has 7 nitrogen and oxygen atoms in total. The van der Waals surface area contributed by atoms with Gasteiger partial charge in [-0.1, -0.05) is 30.0 Å². The van der Waals surface area contributed by atoms with Crippen molar-refractivity contribution in [2.75, 3.05) is 0 Å². The number of thioether (sulfide) groups is 1. The van der Waals surface area contributed by atoms with E-state index in [0.29, 0.717) is 17.0 Å². The van der Waals surface area contributed by atoms with Crippen LogP contribution in [0.2, 0.25) is 0 Å². The van der Waals surface area contributed by atoms with Gasteiger partial charge in [-0.3, -0.25) is 10.1 Å². The van der Waals surface area contributed by atoms with E-state index in [9.17, 15) is 10.1 Å². The topological polar surface area (TPSA) is 97.6 Å². The lowest BCUT2D eigenvalue weighted by Gasteiger charge is -2.03. The number of benzene rings is 1. The van der Waals surface area contributed by atoms with Gasteiger partial charge in [0, 0.05) is 17.4 Å². The summed E-state index contributed by atoms with van der Waals surface area (Å²) < 4.78 is 0. The first-order chi connectivity index (χ1) is 9.75. The number of hydrogen-bond donors (Lipinski definition) is 1. The molecule has 0 amide bonds. The molecule has 3 rings (SSSR count). The van der Waals surface area contributed by atoms with Crippen molar-refractivity contribution in [1.82, 2.24) is 19.9 Å². The first kappa shape index (κ1) is 12.5. The van der Waals surface area contributed by atoms with Gasteiger partial charge in [-0.15, -0.1) is 0 Å². The third-order valence-electron chi connectivity index (χ3n) is 2.74. The van der Waals surface area contributed by atoms with E-state index < -0.39 is 0 Å². The van der Waals surface area contributed by atoms with Gasteiger partial charge in [-0.2, -0.15) is 0 Å². The van der Waals surface area contributed by atoms with Crippen molar-refractivity contribution in [2.24, 2.45) is 0 Å². The lowest BCUT2D eigenvalue weighted by Crippen LogP contribution is -1.94. The summed E-state index contributed by atoms with van der Waals surface area (Å²) in [6.07, 6.45) is 2.99. The van der Waals surface area contributed by atoms with E-state index in [1.807, 2.05) is 0 Å². The number of hydrogen-bond acceptors (Lipinski definition) is 6. The van der Waals surface area contributed by atoms with Gasteiger partial charge in [0.2, 0.25) is 0 Å². The number of nitro groups is 1. The molecule has 20 heavy (non-hydrogen) atoms. The van der Waals surface area contributed by atoms with Crippen LogP contribution in [0.5, 0.6) is 0 Å². The largest absolute Gasteiger partial charge is 0.341 e. The highest BCUT2D eigenvalue weighted by Crippen LogP contribution is 2.29. The van der Waals surface area contributed by atoms with Gasteiger partial charge in [0.1, 0.15) is 16.9 Å². The summed E-state index contributed by atoms with van der Waals surface area (Å²) >= 11 is 1.41. The zero-order valence-corrected chi connectivity index (χ0v) is 11.0. The molecule has 0 unspecified atom stereocenters. The molecule has 0 aliphatic heterocycles. The van der Waals surface area contributed by atoms with E-state index in [1.165, 1.54) is 24.2 Å². The average Bonchev–Trinajstić information content (AvgIpc) is 2.94. The Labute approximate surface area is 117 Å². The Hall–Kier alpha value is -2.48. The fraction of sp³-hybridized carbons (Fsp3) is 0.0833. The van der Waals surface area contributed by atoms with Crippen LogP contribution in [0.1, 0.15) is 5.56 Å². The average molecular weight is 287 g/mol. The highest BCUT2D eigenvalue weighted by atomic mass is 32.2. The van der Waals surface area contributed by atoms with E-state index >= 15 is 0 Å². The lowest BCUT2D eigenvalue weighted by molar-refractivity contribution is -0.385. The smallest absolute Gasteiger partial charge is 0.273 e. The van der Waals surface area contributed by atoms with E-state index in [-0.39, 0.29) is 10.6 Å². The minimum Gasteiger partial charge on any atom is -0.341 e.